The molecule has 0 saturated carbocycles. The second-order valence-electron chi connectivity index (χ2n) is 6.54. The molecule has 116 valence electrons. The van der Waals surface area contributed by atoms with E-state index in [-0.39, 0.29) is 28.6 Å². The molecule has 0 aliphatic heterocycles. The smallest absolute Gasteiger partial charge is 1.00 e. The van der Waals surface area contributed by atoms with E-state index in [0.29, 0.717) is 0 Å². The Balaban J connectivity index is 0.00000200. The van der Waals surface area contributed by atoms with Crippen molar-refractivity contribution in [3.8, 4) is 0 Å². The van der Waals surface area contributed by atoms with Crippen LogP contribution in [0.15, 0.2) is 43.2 Å². The van der Waals surface area contributed by atoms with E-state index < -0.39 is 0 Å². The van der Waals surface area contributed by atoms with Crippen molar-refractivity contribution in [2.45, 2.75) is 53.4 Å². The Labute approximate surface area is 137 Å². The Bertz CT molecular complexity index is 412. The summed E-state index contributed by atoms with van der Waals surface area (Å²) in [4.78, 5) is 0. The predicted molar refractivity (Wildman–Crippen MR) is 80.5 cm³/mol. The van der Waals surface area contributed by atoms with E-state index in [1.807, 2.05) is 0 Å². The van der Waals surface area contributed by atoms with Gasteiger partial charge in [0.2, 0.25) is 0 Å². The third-order valence-electron chi connectivity index (χ3n) is 3.62. The van der Waals surface area contributed by atoms with E-state index in [2.05, 4.69) is 52.0 Å². The predicted octanol–water partition coefficient (Wildman–Crippen LogP) is -0.403. The first-order chi connectivity index (χ1) is 9.06. The van der Waals surface area contributed by atoms with Gasteiger partial charge >= 0.3 is 128 Å². The van der Waals surface area contributed by atoms with E-state index in [9.17, 15) is 0 Å². The molecule has 0 radical (unpaired) electrons. The van der Waals surface area contributed by atoms with Crippen LogP contribution in [0.3, 0.4) is 0 Å². The van der Waals surface area contributed by atoms with Crippen LogP contribution in [0.4, 0.5) is 0 Å². The Hall–Kier alpha value is -0.466. The summed E-state index contributed by atoms with van der Waals surface area (Å²) in [5.41, 5.74) is 3.33. The fourth-order valence-electron chi connectivity index (χ4n) is 2.81. The molecule has 3 heteroatoms. The van der Waals surface area contributed by atoms with Gasteiger partial charge in [-0.25, -0.2) is 0 Å². The molecule has 0 bridgehead atoms. The van der Waals surface area contributed by atoms with Gasteiger partial charge in [-0.1, -0.05) is 0 Å². The maximum Gasteiger partial charge on any atom is -1.00 e. The van der Waals surface area contributed by atoms with Crippen LogP contribution >= 0.6 is 0 Å². The summed E-state index contributed by atoms with van der Waals surface area (Å²) in [6.45, 7) is 9.32. The van der Waals surface area contributed by atoms with E-state index in [4.69, 9.17) is 0 Å². The van der Waals surface area contributed by atoms with Crippen molar-refractivity contribution in [3.63, 3.8) is 0 Å². The maximum atomic E-state index is 2.39. The molecule has 0 amide bonds. The number of allylic oxidation sites excluding steroid dienone is 8. The maximum absolute atomic E-state index is 2.39. The van der Waals surface area contributed by atoms with Crippen molar-refractivity contribution in [3.05, 3.63) is 43.2 Å². The molecule has 2 rings (SSSR count). The van der Waals surface area contributed by atoms with Gasteiger partial charge in [-0.2, -0.15) is 0 Å². The number of hydrogen-bond donors (Lipinski definition) is 0. The minimum Gasteiger partial charge on any atom is -1.00 e. The molecular formula is C18H26F2Ti. The van der Waals surface area contributed by atoms with Crippen molar-refractivity contribution in [2.75, 3.05) is 0 Å². The van der Waals surface area contributed by atoms with Gasteiger partial charge in [-0.15, -0.1) is 0 Å². The monoisotopic (exact) mass is 328 g/mol. The standard InChI is InChI=1S/2C9H13.2FH.Ti/c2*1-8(2)7-9-5-3-4-6-9;;;/h2*3,5,8H,4,7H2,1-2H3;2*1H;/q;;;;+2/p-2. The first kappa shape index (κ1) is 20.5. The molecule has 0 atom stereocenters. The first-order valence-corrected chi connectivity index (χ1v) is 9.16. The fourth-order valence-corrected chi connectivity index (χ4v) is 5.14. The van der Waals surface area contributed by atoms with Gasteiger partial charge in [0.25, 0.3) is 0 Å². The molecule has 2 aliphatic rings. The minimum atomic E-state index is -0.0429. The summed E-state index contributed by atoms with van der Waals surface area (Å²) >= 11 is -0.0429. The van der Waals surface area contributed by atoms with Gasteiger partial charge in [0.1, 0.15) is 0 Å². The third kappa shape index (κ3) is 6.04. The number of hydrogen-bond acceptors (Lipinski definition) is 0. The zero-order chi connectivity index (χ0) is 13.8. The zero-order valence-corrected chi connectivity index (χ0v) is 15.1. The number of halogens is 2. The van der Waals surface area contributed by atoms with E-state index in [1.165, 1.54) is 25.7 Å². The Morgan fingerprint density at radius 3 is 1.52 bits per heavy atom. The number of rotatable bonds is 6. The first-order valence-electron chi connectivity index (χ1n) is 7.60. The molecule has 0 N–H and O–H groups in total. The van der Waals surface area contributed by atoms with Crippen molar-refractivity contribution < 1.29 is 28.6 Å². The van der Waals surface area contributed by atoms with Crippen LogP contribution in [-0.4, -0.2) is 0 Å². The molecule has 0 spiro atoms. The van der Waals surface area contributed by atoms with E-state index >= 15 is 0 Å². The Morgan fingerprint density at radius 2 is 1.19 bits per heavy atom. The van der Waals surface area contributed by atoms with Crippen molar-refractivity contribution in [1.29, 1.82) is 0 Å². The van der Waals surface area contributed by atoms with Gasteiger partial charge in [0, 0.05) is 0 Å². The molecule has 0 aromatic carbocycles. The van der Waals surface area contributed by atoms with Crippen molar-refractivity contribution in [1.82, 2.24) is 0 Å². The second kappa shape index (κ2) is 9.53. The summed E-state index contributed by atoms with van der Waals surface area (Å²) in [6.07, 6.45) is 14.6. The van der Waals surface area contributed by atoms with Gasteiger partial charge in [0.15, 0.2) is 0 Å². The Morgan fingerprint density at radius 1 is 0.810 bits per heavy atom. The van der Waals surface area contributed by atoms with Gasteiger partial charge in [0.05, 0.1) is 0 Å². The largest absolute Gasteiger partial charge is 1.00 e. The molecule has 0 heterocycles. The molecule has 0 aromatic heterocycles. The van der Waals surface area contributed by atoms with E-state index in [0.717, 1.165) is 11.8 Å². The van der Waals surface area contributed by atoms with Crippen LogP contribution in [0.2, 0.25) is 0 Å². The van der Waals surface area contributed by atoms with Crippen molar-refractivity contribution in [2.24, 2.45) is 11.8 Å². The normalized spacial score (nSPS) is 16.7. The van der Waals surface area contributed by atoms with Crippen LogP contribution < -0.4 is 9.41 Å². The molecule has 0 saturated heterocycles. The molecule has 21 heavy (non-hydrogen) atoms. The van der Waals surface area contributed by atoms with Crippen LogP contribution in [0.25, 0.3) is 0 Å². The van der Waals surface area contributed by atoms with Gasteiger partial charge in [-0.05, 0) is 0 Å². The minimum absolute atomic E-state index is 0. The molecule has 0 unspecified atom stereocenters. The quantitative estimate of drug-likeness (QED) is 0.582. The third-order valence-corrected chi connectivity index (χ3v) is 6.20. The average Bonchev–Trinajstić information content (AvgIpc) is 2.89. The molecular weight excluding hydrogens is 302 g/mol. The van der Waals surface area contributed by atoms with Crippen LogP contribution in [-0.2, 0) is 19.2 Å². The molecule has 0 aromatic rings. The molecule has 2 aliphatic carbocycles. The SMILES string of the molecule is CC(C)CC1=[C]([Ti+2][C]2=C(CC(C)C)C=CC2)CC=C1.[F-].[F-]. The molecule has 0 nitrogen and oxygen atoms in total. The van der Waals surface area contributed by atoms with Gasteiger partial charge < -0.3 is 9.41 Å². The summed E-state index contributed by atoms with van der Waals surface area (Å²) in [7, 11) is 0. The average molecular weight is 328 g/mol. The molecule has 0 fully saturated rings. The van der Waals surface area contributed by atoms with Crippen LogP contribution in [0.5, 0.6) is 0 Å². The summed E-state index contributed by atoms with van der Waals surface area (Å²) < 4.78 is 3.60. The second-order valence-corrected chi connectivity index (χ2v) is 8.82. The van der Waals surface area contributed by atoms with Crippen LogP contribution in [0.1, 0.15) is 53.4 Å². The summed E-state index contributed by atoms with van der Waals surface area (Å²) in [5.74, 6) is 1.57. The topological polar surface area (TPSA) is 0 Å². The van der Waals surface area contributed by atoms with Crippen LogP contribution in [0, 0.1) is 11.8 Å². The van der Waals surface area contributed by atoms with E-state index in [1.54, 1.807) is 18.9 Å². The zero-order valence-electron chi connectivity index (χ0n) is 13.5. The summed E-state index contributed by atoms with van der Waals surface area (Å²) in [5, 5.41) is 0. The Kier molecular flexibility index (Phi) is 9.32. The fraction of sp³-hybridized carbons (Fsp3) is 0.556. The van der Waals surface area contributed by atoms with Crippen molar-refractivity contribution >= 4 is 0 Å². The summed E-state index contributed by atoms with van der Waals surface area (Å²) in [6, 6.07) is 0. The van der Waals surface area contributed by atoms with Gasteiger partial charge in [-0.3, -0.25) is 0 Å².